The Kier molecular flexibility index (Phi) is 8.21. The van der Waals surface area contributed by atoms with Gasteiger partial charge in [0.25, 0.3) is 5.91 Å². The first-order valence-corrected chi connectivity index (χ1v) is 15.3. The molecule has 0 bridgehead atoms. The minimum Gasteiger partial charge on any atom is -0.444 e. The van der Waals surface area contributed by atoms with Crippen molar-refractivity contribution >= 4 is 23.5 Å². The summed E-state index contributed by atoms with van der Waals surface area (Å²) < 4.78 is 30.2. The van der Waals surface area contributed by atoms with Crippen LogP contribution < -0.4 is 10.6 Å². The van der Waals surface area contributed by atoms with E-state index in [2.05, 4.69) is 15.7 Å². The number of nitrogens with one attached hydrogen (secondary N) is 2. The molecule has 12 nitrogen and oxygen atoms in total. The summed E-state index contributed by atoms with van der Waals surface area (Å²) >= 11 is 0. The van der Waals surface area contributed by atoms with E-state index in [4.69, 9.17) is 19.6 Å². The Hall–Kier alpha value is -4.52. The zero-order valence-electron chi connectivity index (χ0n) is 26.3. The lowest BCUT2D eigenvalue weighted by Gasteiger charge is -2.33. The minimum atomic E-state index is -0.533. The highest BCUT2D eigenvalue weighted by Gasteiger charge is 2.29. The van der Waals surface area contributed by atoms with Crippen molar-refractivity contribution in [3.8, 4) is 22.3 Å². The number of aryl methyl sites for hydroxylation is 1. The van der Waals surface area contributed by atoms with Gasteiger partial charge in [-0.05, 0) is 64.7 Å². The Labute approximate surface area is 260 Å². The van der Waals surface area contributed by atoms with Gasteiger partial charge in [0, 0.05) is 67.0 Å². The Bertz CT molecular complexity index is 1730. The number of fused-ring (bicyclic) bond motifs is 1. The number of amides is 2. The van der Waals surface area contributed by atoms with Gasteiger partial charge in [-0.3, -0.25) is 9.48 Å². The van der Waals surface area contributed by atoms with Crippen LogP contribution in [0.1, 0.15) is 62.0 Å². The number of nitrogens with zero attached hydrogens (tertiary/aromatic N) is 6. The van der Waals surface area contributed by atoms with Crippen LogP contribution in [0.4, 0.5) is 15.0 Å². The predicted molar refractivity (Wildman–Crippen MR) is 167 cm³/mol. The molecule has 45 heavy (non-hydrogen) atoms. The molecule has 1 atom stereocenters. The van der Waals surface area contributed by atoms with Gasteiger partial charge in [-0.2, -0.15) is 10.2 Å². The molecule has 3 aromatic heterocycles. The summed E-state index contributed by atoms with van der Waals surface area (Å²) in [6.45, 7) is 9.62. The number of carbonyl (C=O) groups excluding carboxylic acids is 2. The first-order chi connectivity index (χ1) is 21.5. The maximum absolute atomic E-state index is 15.5. The Morgan fingerprint density at radius 1 is 1.04 bits per heavy atom. The largest absolute Gasteiger partial charge is 0.444 e. The molecule has 2 saturated heterocycles. The summed E-state index contributed by atoms with van der Waals surface area (Å²) in [6, 6.07) is 3.25. The fourth-order valence-electron chi connectivity index (χ4n) is 5.82. The maximum Gasteiger partial charge on any atom is 0.410 e. The summed E-state index contributed by atoms with van der Waals surface area (Å²) in [7, 11) is 1.54. The summed E-state index contributed by atoms with van der Waals surface area (Å²) in [6.07, 6.45) is 9.28. The molecule has 13 heteroatoms. The van der Waals surface area contributed by atoms with Crippen LogP contribution in [0.25, 0.3) is 27.9 Å². The van der Waals surface area contributed by atoms with E-state index in [9.17, 15) is 9.59 Å². The normalized spacial score (nSPS) is 17.6. The SMILES string of the molecule is CNC(=O)c1cc(C)c(F)c(-c2cnn3cc(-c4cnn(C5CCN(C(=O)OC(C)(C)C)CC5)c4)c(N[C@H]4CCOC4)nc23)c1. The van der Waals surface area contributed by atoms with E-state index in [-0.39, 0.29) is 29.6 Å². The molecule has 2 fully saturated rings. The van der Waals surface area contributed by atoms with Crippen LogP contribution in [0, 0.1) is 12.7 Å². The van der Waals surface area contributed by atoms with Crippen LogP contribution in [-0.2, 0) is 9.47 Å². The monoisotopic (exact) mass is 618 g/mol. The molecule has 2 N–H and O–H groups in total. The van der Waals surface area contributed by atoms with Gasteiger partial charge in [0.1, 0.15) is 17.2 Å². The van der Waals surface area contributed by atoms with Crippen molar-refractivity contribution < 1.29 is 23.5 Å². The number of halogens is 1. The van der Waals surface area contributed by atoms with E-state index in [1.54, 1.807) is 35.8 Å². The molecule has 0 unspecified atom stereocenters. The van der Waals surface area contributed by atoms with Crippen LogP contribution in [-0.4, -0.2) is 86.3 Å². The van der Waals surface area contributed by atoms with E-state index in [0.717, 1.165) is 30.4 Å². The molecule has 2 aliphatic heterocycles. The van der Waals surface area contributed by atoms with Crippen molar-refractivity contribution in [1.82, 2.24) is 34.6 Å². The lowest BCUT2D eigenvalue weighted by Crippen LogP contribution is -2.42. The number of rotatable bonds is 6. The molecule has 2 aliphatic rings. The summed E-state index contributed by atoms with van der Waals surface area (Å²) in [4.78, 5) is 31.7. The van der Waals surface area contributed by atoms with Crippen LogP contribution in [0.3, 0.4) is 0 Å². The highest BCUT2D eigenvalue weighted by atomic mass is 19.1. The number of likely N-dealkylation sites (tertiary alicyclic amines) is 1. The fourth-order valence-corrected chi connectivity index (χ4v) is 5.82. The van der Waals surface area contributed by atoms with Gasteiger partial charge in [0.2, 0.25) is 0 Å². The third-order valence-electron chi connectivity index (χ3n) is 8.20. The maximum atomic E-state index is 15.5. The number of carbonyl (C=O) groups is 2. The number of anilines is 1. The molecular formula is C32H39FN8O4. The third kappa shape index (κ3) is 6.35. The average Bonchev–Trinajstić information content (AvgIpc) is 3.79. The van der Waals surface area contributed by atoms with Gasteiger partial charge in [-0.15, -0.1) is 0 Å². The van der Waals surface area contributed by atoms with Crippen LogP contribution in [0.15, 0.2) is 36.9 Å². The number of aromatic nitrogens is 5. The Morgan fingerprint density at radius 3 is 2.51 bits per heavy atom. The van der Waals surface area contributed by atoms with Crippen LogP contribution in [0.2, 0.25) is 0 Å². The number of piperidine rings is 1. The van der Waals surface area contributed by atoms with E-state index in [0.29, 0.717) is 54.5 Å². The molecule has 5 heterocycles. The second kappa shape index (κ2) is 12.1. The van der Waals surface area contributed by atoms with Crippen LogP contribution in [0.5, 0.6) is 0 Å². The molecule has 0 spiro atoms. The van der Waals surface area contributed by atoms with Crippen molar-refractivity contribution in [3.05, 3.63) is 53.9 Å². The second-order valence-electron chi connectivity index (χ2n) is 12.7. The highest BCUT2D eigenvalue weighted by molar-refractivity contribution is 5.96. The van der Waals surface area contributed by atoms with E-state index >= 15 is 4.39 Å². The topological polar surface area (TPSA) is 128 Å². The second-order valence-corrected chi connectivity index (χ2v) is 12.7. The van der Waals surface area contributed by atoms with Crippen molar-refractivity contribution in [3.63, 3.8) is 0 Å². The standard InChI is InChI=1S/C32H39FN8O4/c1-19-12-20(30(42)34-5)13-24(27(19)33)25-15-36-41-17-26(28(38-29(25)41)37-22-8-11-44-18-22)21-14-35-40(16-21)23-6-9-39(10-7-23)31(43)45-32(2,3)4/h12-17,22-23H,6-11,18H2,1-5H3,(H,34,42)(H,37,38)/t22-/m0/s1. The third-order valence-corrected chi connectivity index (χ3v) is 8.20. The van der Waals surface area contributed by atoms with Gasteiger partial charge in [0.15, 0.2) is 5.65 Å². The predicted octanol–water partition coefficient (Wildman–Crippen LogP) is 4.84. The molecule has 0 aliphatic carbocycles. The Morgan fingerprint density at radius 2 is 1.82 bits per heavy atom. The van der Waals surface area contributed by atoms with Gasteiger partial charge < -0.3 is 25.0 Å². The number of benzene rings is 1. The van der Waals surface area contributed by atoms with Crippen LogP contribution >= 0.6 is 0 Å². The molecule has 6 rings (SSSR count). The molecule has 2 amide bonds. The van der Waals surface area contributed by atoms with Gasteiger partial charge >= 0.3 is 6.09 Å². The number of ether oxygens (including phenoxy) is 2. The van der Waals surface area contributed by atoms with Gasteiger partial charge in [-0.25, -0.2) is 18.7 Å². The number of hydrogen-bond acceptors (Lipinski definition) is 8. The zero-order valence-corrected chi connectivity index (χ0v) is 26.3. The van der Waals surface area contributed by atoms with Crippen molar-refractivity contribution in [2.24, 2.45) is 0 Å². The molecular weight excluding hydrogens is 579 g/mol. The lowest BCUT2D eigenvalue weighted by molar-refractivity contribution is 0.0184. The molecule has 238 valence electrons. The minimum absolute atomic E-state index is 0.0628. The van der Waals surface area contributed by atoms with E-state index in [1.165, 1.54) is 12.1 Å². The zero-order chi connectivity index (χ0) is 31.9. The molecule has 4 aromatic rings. The fraction of sp³-hybridized carbons (Fsp3) is 0.469. The molecule has 0 radical (unpaired) electrons. The van der Waals surface area contributed by atoms with Crippen molar-refractivity contribution in [1.29, 1.82) is 0 Å². The van der Waals surface area contributed by atoms with E-state index in [1.807, 2.05) is 37.8 Å². The summed E-state index contributed by atoms with van der Waals surface area (Å²) in [5.41, 5.74) is 3.00. The Balaban J connectivity index is 1.32. The summed E-state index contributed by atoms with van der Waals surface area (Å²) in [5, 5.41) is 15.3. The average molecular weight is 619 g/mol. The first-order valence-electron chi connectivity index (χ1n) is 15.3. The van der Waals surface area contributed by atoms with E-state index < -0.39 is 11.4 Å². The smallest absolute Gasteiger partial charge is 0.410 e. The first kappa shape index (κ1) is 30.5. The summed E-state index contributed by atoms with van der Waals surface area (Å²) in [5.74, 6) is -0.123. The molecule has 1 aromatic carbocycles. The molecule has 0 saturated carbocycles. The highest BCUT2D eigenvalue weighted by Crippen LogP contribution is 2.34. The van der Waals surface area contributed by atoms with Crippen molar-refractivity contribution in [2.75, 3.05) is 38.7 Å². The lowest BCUT2D eigenvalue weighted by atomic mass is 10.0. The quantitative estimate of drug-likeness (QED) is 0.314. The van der Waals surface area contributed by atoms with Gasteiger partial charge in [-0.1, -0.05) is 0 Å². The van der Waals surface area contributed by atoms with Crippen molar-refractivity contribution in [2.45, 2.75) is 64.6 Å². The number of hydrogen-bond donors (Lipinski definition) is 2. The van der Waals surface area contributed by atoms with Gasteiger partial charge in [0.05, 0.1) is 31.1 Å².